The highest BCUT2D eigenvalue weighted by Gasteiger charge is 2.30. The van der Waals surface area contributed by atoms with Crippen LogP contribution in [0.25, 0.3) is 0 Å². The van der Waals surface area contributed by atoms with Crippen molar-refractivity contribution < 1.29 is 9.53 Å². The van der Waals surface area contributed by atoms with Crippen LogP contribution in [0.1, 0.15) is 43.5 Å². The maximum Gasteiger partial charge on any atom is 0.258 e. The topological polar surface area (TPSA) is 32.8 Å². The number of hydrogen-bond donors (Lipinski definition) is 0. The van der Waals surface area contributed by atoms with Gasteiger partial charge in [0, 0.05) is 41.5 Å². The van der Waals surface area contributed by atoms with Gasteiger partial charge in [-0.15, -0.1) is 0 Å². The molecule has 1 aliphatic heterocycles. The lowest BCUT2D eigenvalue weighted by Gasteiger charge is -2.39. The molecule has 3 rings (SSSR count). The number of ether oxygens (including phenoxy) is 1. The minimum atomic E-state index is -0.0126. The normalized spacial score (nSPS) is 15.5. The Morgan fingerprint density at radius 1 is 1.17 bits per heavy atom. The van der Waals surface area contributed by atoms with E-state index in [1.165, 1.54) is 6.42 Å². The van der Waals surface area contributed by atoms with Crippen molar-refractivity contribution in [3.63, 3.8) is 0 Å². The Labute approximate surface area is 179 Å². The van der Waals surface area contributed by atoms with E-state index in [0.717, 1.165) is 43.9 Å². The summed E-state index contributed by atoms with van der Waals surface area (Å²) in [6, 6.07) is 15.1. The first-order chi connectivity index (χ1) is 14.0. The number of amides is 1. The third kappa shape index (κ3) is 5.74. The van der Waals surface area contributed by atoms with Gasteiger partial charge in [0.25, 0.3) is 5.91 Å². The number of anilines is 1. The van der Waals surface area contributed by atoms with Gasteiger partial charge < -0.3 is 14.5 Å². The number of benzene rings is 2. The molecule has 29 heavy (non-hydrogen) atoms. The number of carbonyl (C=O) groups is 1. The number of carbonyl (C=O) groups excluding carboxylic acids is 1. The monoisotopic (exact) mass is 414 g/mol. The molecule has 0 N–H and O–H groups in total. The van der Waals surface area contributed by atoms with Crippen molar-refractivity contribution in [2.24, 2.45) is 5.92 Å². The van der Waals surface area contributed by atoms with Crippen molar-refractivity contribution >= 4 is 23.2 Å². The fraction of sp³-hybridized carbons (Fsp3) is 0.458. The average molecular weight is 415 g/mol. The first kappa shape index (κ1) is 21.7. The van der Waals surface area contributed by atoms with Crippen molar-refractivity contribution in [3.8, 4) is 5.75 Å². The SMILES string of the molecule is COc1cccc(N(C(=O)c2cccc(Cl)c2)C2CCN(CCC(C)C)CC2)c1. The number of likely N-dealkylation sites (tertiary alicyclic amines) is 1. The fourth-order valence-electron chi connectivity index (χ4n) is 3.86. The highest BCUT2D eigenvalue weighted by Crippen LogP contribution is 2.29. The van der Waals surface area contributed by atoms with Crippen LogP contribution in [0.2, 0.25) is 5.02 Å². The maximum absolute atomic E-state index is 13.5. The number of hydrogen-bond acceptors (Lipinski definition) is 3. The van der Waals surface area contributed by atoms with E-state index in [1.807, 2.05) is 41.3 Å². The second-order valence-electron chi connectivity index (χ2n) is 8.14. The molecular formula is C24H31ClN2O2. The lowest BCUT2D eigenvalue weighted by Crippen LogP contribution is -2.48. The Hall–Kier alpha value is -2.04. The zero-order chi connectivity index (χ0) is 20.8. The van der Waals surface area contributed by atoms with Crippen LogP contribution in [-0.2, 0) is 0 Å². The molecule has 1 aliphatic rings. The molecule has 1 amide bonds. The van der Waals surface area contributed by atoms with Crippen molar-refractivity contribution in [3.05, 3.63) is 59.1 Å². The molecule has 1 saturated heterocycles. The van der Waals surface area contributed by atoms with Gasteiger partial charge in [-0.3, -0.25) is 4.79 Å². The summed E-state index contributed by atoms with van der Waals surface area (Å²) in [5, 5.41) is 0.574. The average Bonchev–Trinajstić information content (AvgIpc) is 2.73. The maximum atomic E-state index is 13.5. The molecule has 1 fully saturated rings. The van der Waals surface area contributed by atoms with Crippen LogP contribution in [0.5, 0.6) is 5.75 Å². The van der Waals surface area contributed by atoms with Crippen molar-refractivity contribution in [2.45, 2.75) is 39.2 Å². The highest BCUT2D eigenvalue weighted by atomic mass is 35.5. The number of nitrogens with zero attached hydrogens (tertiary/aromatic N) is 2. The Morgan fingerprint density at radius 3 is 2.55 bits per heavy atom. The van der Waals surface area contributed by atoms with Crippen LogP contribution in [-0.4, -0.2) is 43.6 Å². The van der Waals surface area contributed by atoms with E-state index in [4.69, 9.17) is 16.3 Å². The molecule has 2 aromatic carbocycles. The zero-order valence-corrected chi connectivity index (χ0v) is 18.4. The van der Waals surface area contributed by atoms with Crippen LogP contribution < -0.4 is 9.64 Å². The van der Waals surface area contributed by atoms with E-state index < -0.39 is 0 Å². The largest absolute Gasteiger partial charge is 0.497 e. The van der Waals surface area contributed by atoms with Crippen LogP contribution in [0.15, 0.2) is 48.5 Å². The summed E-state index contributed by atoms with van der Waals surface area (Å²) in [5.41, 5.74) is 1.48. The molecule has 0 spiro atoms. The van der Waals surface area contributed by atoms with Gasteiger partial charge in [-0.05, 0) is 62.1 Å². The predicted molar refractivity (Wildman–Crippen MR) is 120 cm³/mol. The summed E-state index contributed by atoms with van der Waals surface area (Å²) < 4.78 is 5.40. The van der Waals surface area contributed by atoms with Crippen molar-refractivity contribution in [1.29, 1.82) is 0 Å². The van der Waals surface area contributed by atoms with E-state index in [0.29, 0.717) is 16.5 Å². The summed E-state index contributed by atoms with van der Waals surface area (Å²) in [6.07, 6.45) is 3.13. The first-order valence-corrected chi connectivity index (χ1v) is 10.8. The molecule has 156 valence electrons. The molecule has 0 unspecified atom stereocenters. The Morgan fingerprint density at radius 2 is 1.90 bits per heavy atom. The van der Waals surface area contributed by atoms with Crippen LogP contribution in [0.3, 0.4) is 0 Å². The van der Waals surface area contributed by atoms with Gasteiger partial charge in [0.05, 0.1) is 7.11 Å². The molecule has 2 aromatic rings. The highest BCUT2D eigenvalue weighted by molar-refractivity contribution is 6.31. The molecule has 5 heteroatoms. The lowest BCUT2D eigenvalue weighted by atomic mass is 10.00. The Kier molecular flexibility index (Phi) is 7.57. The first-order valence-electron chi connectivity index (χ1n) is 10.4. The third-order valence-electron chi connectivity index (χ3n) is 5.57. The number of halogens is 1. The molecule has 1 heterocycles. The van der Waals surface area contributed by atoms with Gasteiger partial charge in [-0.2, -0.15) is 0 Å². The lowest BCUT2D eigenvalue weighted by molar-refractivity contribution is 0.0959. The number of rotatable bonds is 7. The van der Waals surface area contributed by atoms with Crippen LogP contribution >= 0.6 is 11.6 Å². The second kappa shape index (κ2) is 10.1. The molecule has 0 atom stereocenters. The third-order valence-corrected chi connectivity index (χ3v) is 5.80. The van der Waals surface area contributed by atoms with Crippen LogP contribution in [0, 0.1) is 5.92 Å². The van der Waals surface area contributed by atoms with E-state index in [9.17, 15) is 4.79 Å². The van der Waals surface area contributed by atoms with E-state index in [1.54, 1.807) is 19.2 Å². The molecule has 0 radical (unpaired) electrons. The summed E-state index contributed by atoms with van der Waals surface area (Å²) in [7, 11) is 1.65. The van der Waals surface area contributed by atoms with E-state index in [2.05, 4.69) is 18.7 Å². The van der Waals surface area contributed by atoms with Gasteiger partial charge in [0.2, 0.25) is 0 Å². The molecule has 0 bridgehead atoms. The summed E-state index contributed by atoms with van der Waals surface area (Å²) >= 11 is 6.16. The fourth-order valence-corrected chi connectivity index (χ4v) is 4.05. The second-order valence-corrected chi connectivity index (χ2v) is 8.58. The van der Waals surface area contributed by atoms with Crippen molar-refractivity contribution in [1.82, 2.24) is 4.90 Å². The van der Waals surface area contributed by atoms with E-state index >= 15 is 0 Å². The number of piperidine rings is 1. The van der Waals surface area contributed by atoms with Gasteiger partial charge >= 0.3 is 0 Å². The van der Waals surface area contributed by atoms with E-state index in [-0.39, 0.29) is 11.9 Å². The summed E-state index contributed by atoms with van der Waals surface area (Å²) in [5.74, 6) is 1.45. The zero-order valence-electron chi connectivity index (χ0n) is 17.6. The molecule has 0 aliphatic carbocycles. The summed E-state index contributed by atoms with van der Waals surface area (Å²) in [6.45, 7) is 7.69. The smallest absolute Gasteiger partial charge is 0.258 e. The molecule has 0 aromatic heterocycles. The van der Waals surface area contributed by atoms with Gasteiger partial charge in [-0.1, -0.05) is 37.6 Å². The van der Waals surface area contributed by atoms with Gasteiger partial charge in [-0.25, -0.2) is 0 Å². The molecule has 4 nitrogen and oxygen atoms in total. The minimum Gasteiger partial charge on any atom is -0.497 e. The predicted octanol–water partition coefficient (Wildman–Crippen LogP) is 5.51. The Balaban J connectivity index is 1.83. The van der Waals surface area contributed by atoms with Crippen LogP contribution in [0.4, 0.5) is 5.69 Å². The number of methoxy groups -OCH3 is 1. The molecule has 0 saturated carbocycles. The van der Waals surface area contributed by atoms with Gasteiger partial charge in [0.1, 0.15) is 5.75 Å². The summed E-state index contributed by atoms with van der Waals surface area (Å²) in [4.78, 5) is 18.0. The van der Waals surface area contributed by atoms with Crippen molar-refractivity contribution in [2.75, 3.05) is 31.6 Å². The van der Waals surface area contributed by atoms with Gasteiger partial charge in [0.15, 0.2) is 0 Å². The molecular weight excluding hydrogens is 384 g/mol. The quantitative estimate of drug-likeness (QED) is 0.599. The minimum absolute atomic E-state index is 0.0126. The standard InChI is InChI=1S/C24H31ClN2O2/c1-18(2)10-13-26-14-11-21(12-15-26)27(22-8-5-9-23(17-22)29-3)24(28)19-6-4-7-20(25)16-19/h4-9,16-18,21H,10-15H2,1-3H3. The Bertz CT molecular complexity index is 816.